The van der Waals surface area contributed by atoms with E-state index in [4.69, 9.17) is 0 Å². The van der Waals surface area contributed by atoms with E-state index in [-0.39, 0.29) is 5.82 Å². The monoisotopic (exact) mass is 312 g/mol. The number of nitrogens with zero attached hydrogens (tertiary/aromatic N) is 4. The third-order valence-electron chi connectivity index (χ3n) is 3.80. The minimum atomic E-state index is -0.236. The maximum atomic E-state index is 13.2. The Balaban J connectivity index is 2.11. The predicted octanol–water partition coefficient (Wildman–Crippen LogP) is 4.02. The fourth-order valence-electron chi connectivity index (χ4n) is 2.76. The van der Waals surface area contributed by atoms with Crippen molar-refractivity contribution >= 4 is 27.2 Å². The zero-order valence-electron chi connectivity index (χ0n) is 12.2. The average molecular weight is 312 g/mol. The molecule has 0 saturated heterocycles. The van der Waals surface area contributed by atoms with Crippen molar-refractivity contribution in [1.29, 1.82) is 0 Å². The van der Waals surface area contributed by atoms with Crippen molar-refractivity contribution in [3.63, 3.8) is 0 Å². The fourth-order valence-corrected chi connectivity index (χ4v) is 3.77. The van der Waals surface area contributed by atoms with E-state index in [2.05, 4.69) is 22.1 Å². The Morgan fingerprint density at radius 3 is 2.68 bits per heavy atom. The van der Waals surface area contributed by atoms with E-state index < -0.39 is 0 Å². The molecule has 0 unspecified atom stereocenters. The summed E-state index contributed by atoms with van der Waals surface area (Å²) in [6, 6.07) is 6.55. The number of rotatable bonds is 2. The third kappa shape index (κ3) is 1.84. The highest BCUT2D eigenvalue weighted by atomic mass is 32.1. The van der Waals surface area contributed by atoms with E-state index in [0.717, 1.165) is 44.1 Å². The van der Waals surface area contributed by atoms with Crippen LogP contribution < -0.4 is 0 Å². The van der Waals surface area contributed by atoms with Gasteiger partial charge in [0.15, 0.2) is 5.65 Å². The zero-order valence-corrected chi connectivity index (χ0v) is 13.0. The highest BCUT2D eigenvalue weighted by Crippen LogP contribution is 2.39. The van der Waals surface area contributed by atoms with Crippen molar-refractivity contribution in [1.82, 2.24) is 19.6 Å². The van der Waals surface area contributed by atoms with Crippen LogP contribution in [0.4, 0.5) is 4.39 Å². The van der Waals surface area contributed by atoms with E-state index in [1.807, 2.05) is 11.3 Å². The molecule has 0 spiro atoms. The van der Waals surface area contributed by atoms with Crippen LogP contribution in [0.3, 0.4) is 0 Å². The number of aromatic nitrogens is 4. The largest absolute Gasteiger partial charge is 0.269 e. The van der Waals surface area contributed by atoms with Gasteiger partial charge in [-0.2, -0.15) is 0 Å². The summed E-state index contributed by atoms with van der Waals surface area (Å²) in [5.74, 6) is 0.651. The summed E-state index contributed by atoms with van der Waals surface area (Å²) in [4.78, 5) is 6.61. The molecule has 0 amide bonds. The fraction of sp³-hybridized carbons (Fsp3) is 0.188. The lowest BCUT2D eigenvalue weighted by molar-refractivity contribution is 0.628. The van der Waals surface area contributed by atoms with Gasteiger partial charge < -0.3 is 0 Å². The van der Waals surface area contributed by atoms with Gasteiger partial charge in [-0.1, -0.05) is 19.1 Å². The van der Waals surface area contributed by atoms with Gasteiger partial charge in [-0.05, 0) is 24.6 Å². The summed E-state index contributed by atoms with van der Waals surface area (Å²) < 4.78 is 15.1. The third-order valence-corrected chi connectivity index (χ3v) is 4.81. The molecule has 0 N–H and O–H groups in total. The Hall–Kier alpha value is -2.34. The Bertz CT molecular complexity index is 985. The zero-order chi connectivity index (χ0) is 15.3. The molecule has 0 saturated carbocycles. The van der Waals surface area contributed by atoms with Gasteiger partial charge in [-0.3, -0.25) is 4.40 Å². The van der Waals surface area contributed by atoms with Crippen LogP contribution in [0.25, 0.3) is 27.0 Å². The van der Waals surface area contributed by atoms with E-state index in [1.54, 1.807) is 29.8 Å². The highest BCUT2D eigenvalue weighted by Gasteiger charge is 2.18. The Labute approximate surface area is 130 Å². The molecule has 0 radical (unpaired) electrons. The molecule has 3 heterocycles. The van der Waals surface area contributed by atoms with E-state index >= 15 is 0 Å². The van der Waals surface area contributed by atoms with Gasteiger partial charge in [0.05, 0.1) is 5.39 Å². The van der Waals surface area contributed by atoms with Gasteiger partial charge in [-0.25, -0.2) is 9.37 Å². The number of aryl methyl sites for hydroxylation is 2. The van der Waals surface area contributed by atoms with Crippen molar-refractivity contribution in [2.45, 2.75) is 20.3 Å². The van der Waals surface area contributed by atoms with Crippen LogP contribution in [-0.2, 0) is 6.42 Å². The van der Waals surface area contributed by atoms with Crippen LogP contribution in [0.1, 0.15) is 17.6 Å². The SMILES string of the molecule is CCc1nnc2c3c(-c4ccc(F)cc4)c(C)sc3ncn12. The van der Waals surface area contributed by atoms with Crippen LogP contribution in [-0.4, -0.2) is 19.6 Å². The first-order valence-electron chi connectivity index (χ1n) is 7.06. The minimum absolute atomic E-state index is 0.236. The van der Waals surface area contributed by atoms with Crippen molar-refractivity contribution in [2.24, 2.45) is 0 Å². The molecule has 0 fully saturated rings. The van der Waals surface area contributed by atoms with E-state index in [0.29, 0.717) is 0 Å². The lowest BCUT2D eigenvalue weighted by Gasteiger charge is -2.03. The molecule has 0 aliphatic carbocycles. The van der Waals surface area contributed by atoms with Crippen molar-refractivity contribution in [3.05, 3.63) is 47.1 Å². The number of thiophene rings is 1. The Morgan fingerprint density at radius 1 is 1.18 bits per heavy atom. The Kier molecular flexibility index (Phi) is 2.94. The molecule has 4 nitrogen and oxygen atoms in total. The van der Waals surface area contributed by atoms with E-state index in [1.165, 1.54) is 12.1 Å². The lowest BCUT2D eigenvalue weighted by atomic mass is 10.0. The first-order valence-corrected chi connectivity index (χ1v) is 7.88. The van der Waals surface area contributed by atoms with Gasteiger partial charge in [0, 0.05) is 16.9 Å². The average Bonchev–Trinajstić information content (AvgIpc) is 3.07. The summed E-state index contributed by atoms with van der Waals surface area (Å²) in [5.41, 5.74) is 2.85. The molecule has 0 atom stereocenters. The number of fused-ring (bicyclic) bond motifs is 3. The molecule has 0 aliphatic heterocycles. The number of benzene rings is 1. The molecule has 22 heavy (non-hydrogen) atoms. The maximum Gasteiger partial charge on any atom is 0.173 e. The molecular formula is C16H13FN4S. The second-order valence-corrected chi connectivity index (χ2v) is 6.33. The molecule has 4 rings (SSSR count). The lowest BCUT2D eigenvalue weighted by Crippen LogP contribution is -1.94. The highest BCUT2D eigenvalue weighted by molar-refractivity contribution is 7.19. The van der Waals surface area contributed by atoms with Crippen molar-refractivity contribution < 1.29 is 4.39 Å². The maximum absolute atomic E-state index is 13.2. The van der Waals surface area contributed by atoms with Gasteiger partial charge in [0.2, 0.25) is 0 Å². The first kappa shape index (κ1) is 13.3. The summed E-state index contributed by atoms with van der Waals surface area (Å²) >= 11 is 1.62. The van der Waals surface area contributed by atoms with Gasteiger partial charge >= 0.3 is 0 Å². The van der Waals surface area contributed by atoms with Crippen LogP contribution in [0.15, 0.2) is 30.6 Å². The van der Waals surface area contributed by atoms with Crippen LogP contribution in [0, 0.1) is 12.7 Å². The van der Waals surface area contributed by atoms with Gasteiger partial charge in [0.1, 0.15) is 22.8 Å². The van der Waals surface area contributed by atoms with Gasteiger partial charge in [0.25, 0.3) is 0 Å². The minimum Gasteiger partial charge on any atom is -0.269 e. The molecule has 0 aliphatic rings. The first-order chi connectivity index (χ1) is 10.7. The van der Waals surface area contributed by atoms with Crippen molar-refractivity contribution in [3.8, 4) is 11.1 Å². The molecule has 6 heteroatoms. The molecular weight excluding hydrogens is 299 g/mol. The summed E-state index contributed by atoms with van der Waals surface area (Å²) in [6.07, 6.45) is 2.57. The Morgan fingerprint density at radius 2 is 1.95 bits per heavy atom. The summed E-state index contributed by atoms with van der Waals surface area (Å²) in [6.45, 7) is 4.10. The second-order valence-electron chi connectivity index (χ2n) is 5.13. The van der Waals surface area contributed by atoms with E-state index in [9.17, 15) is 4.39 Å². The topological polar surface area (TPSA) is 43.1 Å². The summed E-state index contributed by atoms with van der Waals surface area (Å²) in [5, 5.41) is 9.57. The second kappa shape index (κ2) is 4.84. The molecule has 1 aromatic carbocycles. The van der Waals surface area contributed by atoms with Crippen LogP contribution >= 0.6 is 11.3 Å². The standard InChI is InChI=1S/C16H13FN4S/c1-3-12-19-20-15-14-13(10-4-6-11(17)7-5-10)9(2)22-16(14)18-8-21(12)15/h4-8H,3H2,1-2H3. The summed E-state index contributed by atoms with van der Waals surface area (Å²) in [7, 11) is 0. The number of halogens is 1. The van der Waals surface area contributed by atoms with Gasteiger partial charge in [-0.15, -0.1) is 21.5 Å². The van der Waals surface area contributed by atoms with Crippen LogP contribution in [0.2, 0.25) is 0 Å². The molecule has 4 aromatic rings. The predicted molar refractivity (Wildman–Crippen MR) is 85.7 cm³/mol. The van der Waals surface area contributed by atoms with Crippen molar-refractivity contribution in [2.75, 3.05) is 0 Å². The number of hydrogen-bond donors (Lipinski definition) is 0. The quantitative estimate of drug-likeness (QED) is 0.561. The number of hydrogen-bond acceptors (Lipinski definition) is 4. The normalized spacial score (nSPS) is 11.6. The molecule has 0 bridgehead atoms. The molecule has 3 aromatic heterocycles. The molecule has 110 valence electrons. The smallest absolute Gasteiger partial charge is 0.173 e. The van der Waals surface area contributed by atoms with Crippen LogP contribution in [0.5, 0.6) is 0 Å².